The van der Waals surface area contributed by atoms with Gasteiger partial charge in [0.05, 0.1) is 17.3 Å². The highest BCUT2D eigenvalue weighted by molar-refractivity contribution is 5.80. The molecular weight excluding hydrogens is 438 g/mol. The molecule has 0 bridgehead atoms. The van der Waals surface area contributed by atoms with Crippen LogP contribution in [-0.4, -0.2) is 36.1 Å². The molecule has 3 aromatic rings. The zero-order valence-electron chi connectivity index (χ0n) is 21.4. The molecule has 0 unspecified atom stereocenters. The molecule has 0 aliphatic heterocycles. The maximum atomic E-state index is 13.0. The zero-order valence-corrected chi connectivity index (χ0v) is 21.4. The van der Waals surface area contributed by atoms with E-state index < -0.39 is 0 Å². The van der Waals surface area contributed by atoms with Crippen molar-refractivity contribution in [1.82, 2.24) is 15.3 Å². The number of nitrogens with zero attached hydrogens (tertiary/aromatic N) is 3. The molecule has 0 amide bonds. The fourth-order valence-corrected chi connectivity index (χ4v) is 5.65. The van der Waals surface area contributed by atoms with Gasteiger partial charge >= 0.3 is 0 Å². The quantitative estimate of drug-likeness (QED) is 0.537. The third kappa shape index (κ3) is 5.06. The van der Waals surface area contributed by atoms with Gasteiger partial charge in [0, 0.05) is 43.9 Å². The molecule has 1 fully saturated rings. The molecule has 0 saturated heterocycles. The molecule has 0 spiro atoms. The van der Waals surface area contributed by atoms with Crippen LogP contribution in [0.15, 0.2) is 27.6 Å². The Morgan fingerprint density at radius 2 is 1.77 bits per heavy atom. The number of anilines is 2. The number of hydrogen-bond donors (Lipinski definition) is 2. The fourth-order valence-electron chi connectivity index (χ4n) is 5.65. The van der Waals surface area contributed by atoms with Crippen LogP contribution < -0.4 is 21.0 Å². The molecule has 1 saturated carbocycles. The van der Waals surface area contributed by atoms with Crippen LogP contribution in [0, 0.1) is 13.8 Å². The normalized spacial score (nSPS) is 20.0. The second-order valence-electron chi connectivity index (χ2n) is 10.5. The number of fused-ring (bicyclic) bond motifs is 2. The van der Waals surface area contributed by atoms with Crippen molar-refractivity contribution in [3.8, 4) is 0 Å². The van der Waals surface area contributed by atoms with Crippen LogP contribution in [0.2, 0.25) is 0 Å². The van der Waals surface area contributed by atoms with Crippen molar-refractivity contribution in [2.24, 2.45) is 0 Å². The minimum Gasteiger partial charge on any atom is -0.463 e. The third-order valence-electron chi connectivity index (χ3n) is 7.50. The molecule has 186 valence electrons. The Morgan fingerprint density at radius 3 is 2.54 bits per heavy atom. The Morgan fingerprint density at radius 1 is 1.03 bits per heavy atom. The summed E-state index contributed by atoms with van der Waals surface area (Å²) in [5.74, 6) is 1.83. The van der Waals surface area contributed by atoms with E-state index >= 15 is 0 Å². The molecule has 7 nitrogen and oxygen atoms in total. The standard InChI is InChI=1S/C28H37N5O2/c1-17-13-18(2)26-23(14-17)25(34)19(16-35-26)15-29-20-9-11-21(12-10-20)30-28-31-24-8-6-5-7-22(24)27(32-28)33(3)4/h13-14,16,20-21,29H,5-12,15H2,1-4H3,(H,30,31,32)/t20-,21+. The second-order valence-corrected chi connectivity index (χ2v) is 10.5. The van der Waals surface area contributed by atoms with Crippen LogP contribution >= 0.6 is 0 Å². The van der Waals surface area contributed by atoms with Gasteiger partial charge in [0.1, 0.15) is 11.4 Å². The van der Waals surface area contributed by atoms with Gasteiger partial charge in [-0.15, -0.1) is 0 Å². The second kappa shape index (κ2) is 9.97. The summed E-state index contributed by atoms with van der Waals surface area (Å²) in [5, 5.41) is 7.89. The van der Waals surface area contributed by atoms with Gasteiger partial charge in [-0.05, 0) is 82.4 Å². The van der Waals surface area contributed by atoms with E-state index in [0.29, 0.717) is 35.2 Å². The summed E-state index contributed by atoms with van der Waals surface area (Å²) in [6.45, 7) is 4.53. The molecular formula is C28H37N5O2. The summed E-state index contributed by atoms with van der Waals surface area (Å²) in [6, 6.07) is 4.75. The minimum atomic E-state index is 0.0714. The Labute approximate surface area is 207 Å². The van der Waals surface area contributed by atoms with E-state index in [1.54, 1.807) is 6.26 Å². The maximum Gasteiger partial charge on any atom is 0.225 e. The number of rotatable bonds is 6. The highest BCUT2D eigenvalue weighted by atomic mass is 16.3. The minimum absolute atomic E-state index is 0.0714. The van der Waals surface area contributed by atoms with Gasteiger partial charge in [0.2, 0.25) is 5.95 Å². The number of nitrogens with one attached hydrogen (secondary N) is 2. The highest BCUT2D eigenvalue weighted by Gasteiger charge is 2.24. The van der Waals surface area contributed by atoms with Gasteiger partial charge in [0.15, 0.2) is 5.43 Å². The van der Waals surface area contributed by atoms with Crippen molar-refractivity contribution in [1.29, 1.82) is 0 Å². The lowest BCUT2D eigenvalue weighted by atomic mass is 9.91. The number of hydrogen-bond acceptors (Lipinski definition) is 7. The predicted molar refractivity (Wildman–Crippen MR) is 141 cm³/mol. The third-order valence-corrected chi connectivity index (χ3v) is 7.50. The first-order valence-corrected chi connectivity index (χ1v) is 13.0. The van der Waals surface area contributed by atoms with E-state index in [-0.39, 0.29) is 5.43 Å². The molecule has 1 aromatic carbocycles. The van der Waals surface area contributed by atoms with E-state index in [0.717, 1.165) is 61.4 Å². The number of aryl methyl sites for hydroxylation is 3. The van der Waals surface area contributed by atoms with Crippen molar-refractivity contribution in [3.63, 3.8) is 0 Å². The Bertz CT molecular complexity index is 1270. The maximum absolute atomic E-state index is 13.0. The smallest absolute Gasteiger partial charge is 0.225 e. The Hall–Kier alpha value is -2.93. The van der Waals surface area contributed by atoms with Gasteiger partial charge in [-0.2, -0.15) is 4.98 Å². The molecule has 2 aliphatic rings. The van der Waals surface area contributed by atoms with Gasteiger partial charge in [0.25, 0.3) is 0 Å². The van der Waals surface area contributed by atoms with Crippen molar-refractivity contribution in [2.75, 3.05) is 24.3 Å². The summed E-state index contributed by atoms with van der Waals surface area (Å²) in [6.07, 6.45) is 10.4. The van der Waals surface area contributed by atoms with E-state index in [9.17, 15) is 4.79 Å². The summed E-state index contributed by atoms with van der Waals surface area (Å²) in [4.78, 5) is 24.9. The Kier molecular flexibility index (Phi) is 6.78. The largest absolute Gasteiger partial charge is 0.463 e. The molecule has 0 radical (unpaired) electrons. The Balaban J connectivity index is 1.19. The number of aromatic nitrogens is 2. The fraction of sp³-hybridized carbons (Fsp3) is 0.536. The molecule has 35 heavy (non-hydrogen) atoms. The molecule has 2 aromatic heterocycles. The van der Waals surface area contributed by atoms with Crippen LogP contribution in [0.25, 0.3) is 11.0 Å². The van der Waals surface area contributed by atoms with Gasteiger partial charge < -0.3 is 20.0 Å². The molecule has 5 rings (SSSR count). The number of benzene rings is 1. The van der Waals surface area contributed by atoms with Crippen LogP contribution in [0.5, 0.6) is 0 Å². The summed E-state index contributed by atoms with van der Waals surface area (Å²) >= 11 is 0. The first-order chi connectivity index (χ1) is 16.9. The van der Waals surface area contributed by atoms with E-state index in [2.05, 4.69) is 29.6 Å². The van der Waals surface area contributed by atoms with Crippen molar-refractivity contribution in [3.05, 3.63) is 56.6 Å². The average Bonchev–Trinajstić information content (AvgIpc) is 2.84. The van der Waals surface area contributed by atoms with E-state index in [4.69, 9.17) is 14.4 Å². The molecule has 0 atom stereocenters. The van der Waals surface area contributed by atoms with Gasteiger partial charge in [-0.25, -0.2) is 4.98 Å². The van der Waals surface area contributed by atoms with Crippen LogP contribution in [-0.2, 0) is 19.4 Å². The summed E-state index contributed by atoms with van der Waals surface area (Å²) in [7, 11) is 4.13. The summed E-state index contributed by atoms with van der Waals surface area (Å²) in [5.41, 5.74) is 6.08. The first-order valence-electron chi connectivity index (χ1n) is 13.0. The monoisotopic (exact) mass is 475 g/mol. The van der Waals surface area contributed by atoms with Crippen molar-refractivity contribution < 1.29 is 4.42 Å². The lowest BCUT2D eigenvalue weighted by Crippen LogP contribution is -2.37. The van der Waals surface area contributed by atoms with Crippen LogP contribution in [0.1, 0.15) is 66.5 Å². The molecule has 2 heterocycles. The van der Waals surface area contributed by atoms with Gasteiger partial charge in [-0.1, -0.05) is 6.07 Å². The first kappa shape index (κ1) is 23.8. The van der Waals surface area contributed by atoms with Gasteiger partial charge in [-0.3, -0.25) is 4.79 Å². The van der Waals surface area contributed by atoms with Crippen molar-refractivity contribution in [2.45, 2.75) is 83.8 Å². The topological polar surface area (TPSA) is 83.3 Å². The zero-order chi connectivity index (χ0) is 24.5. The SMILES string of the molecule is Cc1cc(C)c2occ(CN[C@H]3CC[C@@H](Nc4nc5c(c(N(C)C)n4)CCCC5)CC3)c(=O)c2c1. The van der Waals surface area contributed by atoms with Crippen molar-refractivity contribution >= 4 is 22.7 Å². The lowest BCUT2D eigenvalue weighted by Gasteiger charge is -2.30. The molecule has 2 N–H and O–H groups in total. The van der Waals surface area contributed by atoms with E-state index in [1.165, 1.54) is 24.1 Å². The molecule has 7 heteroatoms. The van der Waals surface area contributed by atoms with Crippen LogP contribution in [0.4, 0.5) is 11.8 Å². The van der Waals surface area contributed by atoms with E-state index in [1.807, 2.05) is 26.0 Å². The summed E-state index contributed by atoms with van der Waals surface area (Å²) < 4.78 is 5.83. The van der Waals surface area contributed by atoms with Crippen LogP contribution in [0.3, 0.4) is 0 Å². The average molecular weight is 476 g/mol. The molecule has 2 aliphatic carbocycles. The highest BCUT2D eigenvalue weighted by Crippen LogP contribution is 2.29. The lowest BCUT2D eigenvalue weighted by molar-refractivity contribution is 0.351. The predicted octanol–water partition coefficient (Wildman–Crippen LogP) is 4.66.